The molecule has 0 unspecified atom stereocenters. The average molecular weight is 248 g/mol. The van der Waals surface area contributed by atoms with Crippen molar-refractivity contribution in [3.8, 4) is 0 Å². The van der Waals surface area contributed by atoms with E-state index in [-0.39, 0.29) is 0 Å². The Morgan fingerprint density at radius 1 is 1.35 bits per heavy atom. The van der Waals surface area contributed by atoms with Crippen LogP contribution in [-0.2, 0) is 13.1 Å². The summed E-state index contributed by atoms with van der Waals surface area (Å²) in [4.78, 5) is 0. The van der Waals surface area contributed by atoms with Crippen LogP contribution in [0.3, 0.4) is 0 Å². The van der Waals surface area contributed by atoms with Crippen LogP contribution in [-0.4, -0.2) is 9.78 Å². The lowest BCUT2D eigenvalue weighted by Gasteiger charge is -2.03. The van der Waals surface area contributed by atoms with Gasteiger partial charge in [-0.3, -0.25) is 0 Å². The predicted molar refractivity (Wildman–Crippen MR) is 70.6 cm³/mol. The first-order valence-corrected chi connectivity index (χ1v) is 5.76. The molecule has 4 heteroatoms. The first-order chi connectivity index (χ1) is 8.28. The number of aromatic nitrogens is 2. The molecule has 1 N–H and O–H groups in total. The van der Waals surface area contributed by atoms with Crippen molar-refractivity contribution in [2.45, 2.75) is 13.1 Å². The summed E-state index contributed by atoms with van der Waals surface area (Å²) < 4.78 is 1.69. The van der Waals surface area contributed by atoms with Crippen molar-refractivity contribution in [2.75, 3.05) is 0 Å². The molecule has 1 aromatic carbocycles. The Balaban J connectivity index is 1.85. The third-order valence-electron chi connectivity index (χ3n) is 2.39. The molecule has 88 valence electrons. The fourth-order valence-corrected chi connectivity index (χ4v) is 1.78. The van der Waals surface area contributed by atoms with E-state index in [4.69, 9.17) is 11.6 Å². The number of benzene rings is 1. The zero-order valence-electron chi connectivity index (χ0n) is 9.44. The van der Waals surface area contributed by atoms with Gasteiger partial charge < -0.3 is 5.32 Å². The molecule has 0 saturated heterocycles. The molecule has 0 aliphatic carbocycles. The van der Waals surface area contributed by atoms with Gasteiger partial charge in [0.1, 0.15) is 0 Å². The molecule has 2 rings (SSSR count). The topological polar surface area (TPSA) is 29.9 Å². The molecular formula is C13H14ClN3. The molecule has 0 aliphatic rings. The van der Waals surface area contributed by atoms with Crippen LogP contribution in [0.15, 0.2) is 43.2 Å². The largest absolute Gasteiger partial charge is 0.309 e. The van der Waals surface area contributed by atoms with Crippen molar-refractivity contribution in [3.05, 3.63) is 59.4 Å². The highest BCUT2D eigenvalue weighted by Gasteiger charge is 1.97. The summed E-state index contributed by atoms with van der Waals surface area (Å²) in [7, 11) is 0. The first kappa shape index (κ1) is 11.9. The second kappa shape index (κ2) is 5.66. The van der Waals surface area contributed by atoms with Gasteiger partial charge in [0, 0.05) is 36.1 Å². The quantitative estimate of drug-likeness (QED) is 0.881. The molecule has 0 atom stereocenters. The SMILES string of the molecule is C=Cn1cc(CNCc2cccc(Cl)c2)cn1. The van der Waals surface area contributed by atoms with Gasteiger partial charge in [-0.2, -0.15) is 5.10 Å². The van der Waals surface area contributed by atoms with Crippen molar-refractivity contribution in [2.24, 2.45) is 0 Å². The maximum absolute atomic E-state index is 5.91. The van der Waals surface area contributed by atoms with Crippen molar-refractivity contribution < 1.29 is 0 Å². The Hall–Kier alpha value is -1.58. The van der Waals surface area contributed by atoms with E-state index in [9.17, 15) is 0 Å². The van der Waals surface area contributed by atoms with Crippen LogP contribution in [0.1, 0.15) is 11.1 Å². The van der Waals surface area contributed by atoms with Gasteiger partial charge in [0.05, 0.1) is 6.20 Å². The van der Waals surface area contributed by atoms with Crippen LogP contribution in [0.25, 0.3) is 6.20 Å². The van der Waals surface area contributed by atoms with Crippen molar-refractivity contribution >= 4 is 17.8 Å². The lowest BCUT2D eigenvalue weighted by molar-refractivity contribution is 0.693. The molecular weight excluding hydrogens is 234 g/mol. The Bertz CT molecular complexity index is 505. The maximum atomic E-state index is 5.91. The molecule has 0 amide bonds. The predicted octanol–water partition coefficient (Wildman–Crippen LogP) is 2.93. The molecule has 3 nitrogen and oxygen atoms in total. The minimum Gasteiger partial charge on any atom is -0.309 e. The van der Waals surface area contributed by atoms with Crippen molar-refractivity contribution in [3.63, 3.8) is 0 Å². The highest BCUT2D eigenvalue weighted by Crippen LogP contribution is 2.10. The molecule has 0 aliphatic heterocycles. The molecule has 0 radical (unpaired) electrons. The number of nitrogens with zero attached hydrogens (tertiary/aromatic N) is 2. The highest BCUT2D eigenvalue weighted by atomic mass is 35.5. The average Bonchev–Trinajstić information content (AvgIpc) is 2.77. The number of rotatable bonds is 5. The van der Waals surface area contributed by atoms with E-state index in [1.54, 1.807) is 10.9 Å². The monoisotopic (exact) mass is 247 g/mol. The van der Waals surface area contributed by atoms with Gasteiger partial charge in [-0.15, -0.1) is 0 Å². The van der Waals surface area contributed by atoms with Crippen LogP contribution in [0.2, 0.25) is 5.02 Å². The standard InChI is InChI=1S/C13H14ClN3/c1-2-17-10-12(9-16-17)8-15-7-11-4-3-5-13(14)6-11/h2-6,9-10,15H,1,7-8H2. The second-order valence-corrected chi connectivity index (χ2v) is 4.18. The summed E-state index contributed by atoms with van der Waals surface area (Å²) in [6.07, 6.45) is 5.44. The van der Waals surface area contributed by atoms with E-state index in [1.165, 1.54) is 5.56 Å². The summed E-state index contributed by atoms with van der Waals surface area (Å²) in [6, 6.07) is 7.84. The van der Waals surface area contributed by atoms with Gasteiger partial charge in [0.15, 0.2) is 0 Å². The first-order valence-electron chi connectivity index (χ1n) is 5.38. The molecule has 0 spiro atoms. The summed E-state index contributed by atoms with van der Waals surface area (Å²) in [5, 5.41) is 8.22. The minimum absolute atomic E-state index is 0.767. The fraction of sp³-hybridized carbons (Fsp3) is 0.154. The number of hydrogen-bond donors (Lipinski definition) is 1. The Morgan fingerprint density at radius 2 is 2.18 bits per heavy atom. The molecule has 1 heterocycles. The zero-order valence-corrected chi connectivity index (χ0v) is 10.2. The van der Waals surface area contributed by atoms with Crippen LogP contribution in [0.5, 0.6) is 0 Å². The fourth-order valence-electron chi connectivity index (χ4n) is 1.57. The highest BCUT2D eigenvalue weighted by molar-refractivity contribution is 6.30. The molecule has 0 fully saturated rings. The van der Waals surface area contributed by atoms with Gasteiger partial charge in [0.25, 0.3) is 0 Å². The van der Waals surface area contributed by atoms with E-state index in [1.807, 2.05) is 36.7 Å². The Labute approximate surface area is 106 Å². The number of hydrogen-bond acceptors (Lipinski definition) is 2. The van der Waals surface area contributed by atoms with Gasteiger partial charge >= 0.3 is 0 Å². The molecule has 17 heavy (non-hydrogen) atoms. The van der Waals surface area contributed by atoms with E-state index in [0.29, 0.717) is 0 Å². The Morgan fingerprint density at radius 3 is 2.88 bits per heavy atom. The van der Waals surface area contributed by atoms with E-state index in [0.717, 1.165) is 23.7 Å². The summed E-state index contributed by atoms with van der Waals surface area (Å²) in [5.41, 5.74) is 2.31. The normalized spacial score (nSPS) is 10.4. The van der Waals surface area contributed by atoms with Crippen molar-refractivity contribution in [1.82, 2.24) is 15.1 Å². The number of nitrogens with one attached hydrogen (secondary N) is 1. The number of halogens is 1. The van der Waals surface area contributed by atoms with Crippen LogP contribution in [0, 0.1) is 0 Å². The summed E-state index contributed by atoms with van der Waals surface area (Å²) in [6.45, 7) is 5.22. The van der Waals surface area contributed by atoms with Gasteiger partial charge in [-0.05, 0) is 17.7 Å². The van der Waals surface area contributed by atoms with Gasteiger partial charge in [0.2, 0.25) is 0 Å². The molecule has 0 saturated carbocycles. The van der Waals surface area contributed by atoms with Crippen molar-refractivity contribution in [1.29, 1.82) is 0 Å². The second-order valence-electron chi connectivity index (χ2n) is 3.74. The minimum atomic E-state index is 0.767. The third-order valence-corrected chi connectivity index (χ3v) is 2.62. The third kappa shape index (κ3) is 3.44. The van der Waals surface area contributed by atoms with E-state index < -0.39 is 0 Å². The van der Waals surface area contributed by atoms with Gasteiger partial charge in [-0.1, -0.05) is 30.3 Å². The van der Waals surface area contributed by atoms with Gasteiger partial charge in [-0.25, -0.2) is 4.68 Å². The Kier molecular flexibility index (Phi) is 3.96. The van der Waals surface area contributed by atoms with Crippen LogP contribution < -0.4 is 5.32 Å². The summed E-state index contributed by atoms with van der Waals surface area (Å²) in [5.74, 6) is 0. The molecule has 1 aromatic heterocycles. The van der Waals surface area contributed by atoms with E-state index in [2.05, 4.69) is 17.0 Å². The zero-order chi connectivity index (χ0) is 12.1. The van der Waals surface area contributed by atoms with E-state index >= 15 is 0 Å². The smallest absolute Gasteiger partial charge is 0.0538 e. The molecule has 2 aromatic rings. The van der Waals surface area contributed by atoms with Crippen LogP contribution in [0.4, 0.5) is 0 Å². The van der Waals surface area contributed by atoms with Crippen LogP contribution >= 0.6 is 11.6 Å². The lowest BCUT2D eigenvalue weighted by atomic mass is 10.2. The maximum Gasteiger partial charge on any atom is 0.0538 e. The molecule has 0 bridgehead atoms. The summed E-state index contributed by atoms with van der Waals surface area (Å²) >= 11 is 5.91. The lowest BCUT2D eigenvalue weighted by Crippen LogP contribution is -2.12.